The third-order valence-corrected chi connectivity index (χ3v) is 8.78. The van der Waals surface area contributed by atoms with E-state index in [1.165, 1.54) is 28.1 Å². The van der Waals surface area contributed by atoms with Gasteiger partial charge >= 0.3 is 0 Å². The highest BCUT2D eigenvalue weighted by molar-refractivity contribution is 7.99. The number of aryl methyl sites for hydroxylation is 2. The van der Waals surface area contributed by atoms with E-state index in [9.17, 15) is 13.2 Å². The number of carbonyl (C=O) groups is 1. The Morgan fingerprint density at radius 1 is 1.09 bits per heavy atom. The predicted molar refractivity (Wildman–Crippen MR) is 124 cm³/mol. The number of rotatable bonds is 5. The summed E-state index contributed by atoms with van der Waals surface area (Å²) in [6, 6.07) is 5.55. The summed E-state index contributed by atoms with van der Waals surface area (Å²) in [5, 5.41) is 7.66. The minimum absolute atomic E-state index is 0.0251. The van der Waals surface area contributed by atoms with E-state index in [2.05, 4.69) is 15.2 Å². The van der Waals surface area contributed by atoms with Crippen LogP contribution in [0.3, 0.4) is 0 Å². The van der Waals surface area contributed by atoms with Gasteiger partial charge in [-0.15, -0.1) is 5.10 Å². The normalized spacial score (nSPS) is 17.9. The van der Waals surface area contributed by atoms with Gasteiger partial charge < -0.3 is 4.90 Å². The molecule has 1 saturated heterocycles. The number of amides is 1. The number of nitrogens with zero attached hydrogens (tertiary/aromatic N) is 4. The van der Waals surface area contributed by atoms with Crippen LogP contribution in [0.2, 0.25) is 0 Å². The fraction of sp³-hybridized carbons (Fsp3) is 0.591. The highest BCUT2D eigenvalue weighted by Gasteiger charge is 2.31. The zero-order valence-corrected chi connectivity index (χ0v) is 20.6. The highest BCUT2D eigenvalue weighted by Crippen LogP contribution is 2.26. The van der Waals surface area contributed by atoms with Gasteiger partial charge in [-0.2, -0.15) is 4.31 Å². The lowest BCUT2D eigenvalue weighted by atomic mass is 9.92. The summed E-state index contributed by atoms with van der Waals surface area (Å²) in [6.45, 7) is 7.55. The second-order valence-corrected chi connectivity index (χ2v) is 12.3. The molecule has 1 aromatic heterocycles. The number of aromatic nitrogens is 3. The van der Waals surface area contributed by atoms with Crippen LogP contribution in [0, 0.1) is 0 Å². The zero-order valence-electron chi connectivity index (χ0n) is 18.9. The van der Waals surface area contributed by atoms with Gasteiger partial charge in [0.2, 0.25) is 21.1 Å². The summed E-state index contributed by atoms with van der Waals surface area (Å²) in [7, 11) is -3.55. The first kappa shape index (κ1) is 23.3. The number of hydrogen-bond acceptors (Lipinski definition) is 6. The number of H-pyrrole nitrogens is 1. The predicted octanol–water partition coefficient (Wildman–Crippen LogP) is 2.61. The number of nitrogens with one attached hydrogen (secondary N) is 1. The molecule has 1 aromatic carbocycles. The SMILES string of the molecule is CC(C)(C)c1nc(SCC(=O)N2CCN(S(=O)(=O)c3ccc4c(c3)CCCC4)CC2)n[nH]1. The van der Waals surface area contributed by atoms with Gasteiger partial charge in [0.25, 0.3) is 0 Å². The van der Waals surface area contributed by atoms with E-state index in [0.29, 0.717) is 36.2 Å². The summed E-state index contributed by atoms with van der Waals surface area (Å²) in [4.78, 5) is 19.2. The van der Waals surface area contributed by atoms with E-state index in [4.69, 9.17) is 0 Å². The number of hydrogen-bond donors (Lipinski definition) is 1. The fourth-order valence-corrected chi connectivity index (χ4v) is 6.24. The molecule has 32 heavy (non-hydrogen) atoms. The monoisotopic (exact) mass is 477 g/mol. The van der Waals surface area contributed by atoms with Crippen molar-refractivity contribution in [1.29, 1.82) is 0 Å². The van der Waals surface area contributed by atoms with Crippen LogP contribution >= 0.6 is 11.8 Å². The molecule has 2 aliphatic rings. The average molecular weight is 478 g/mol. The molecule has 4 rings (SSSR count). The lowest BCUT2D eigenvalue weighted by Gasteiger charge is -2.34. The molecule has 174 valence electrons. The van der Waals surface area contributed by atoms with Crippen molar-refractivity contribution < 1.29 is 13.2 Å². The van der Waals surface area contributed by atoms with Crippen molar-refractivity contribution in [2.75, 3.05) is 31.9 Å². The van der Waals surface area contributed by atoms with Crippen LogP contribution in [0.1, 0.15) is 50.6 Å². The van der Waals surface area contributed by atoms with Crippen LogP contribution in [0.15, 0.2) is 28.3 Å². The molecule has 1 aliphatic heterocycles. The lowest BCUT2D eigenvalue weighted by molar-refractivity contribution is -0.129. The Morgan fingerprint density at radius 2 is 1.78 bits per heavy atom. The molecule has 8 nitrogen and oxygen atoms in total. The van der Waals surface area contributed by atoms with Crippen LogP contribution in [0.25, 0.3) is 0 Å². The Bertz CT molecular complexity index is 1080. The maximum atomic E-state index is 13.1. The molecule has 1 amide bonds. The first-order valence-electron chi connectivity index (χ1n) is 11.1. The Morgan fingerprint density at radius 3 is 2.44 bits per heavy atom. The third-order valence-electron chi connectivity index (χ3n) is 6.05. The van der Waals surface area contributed by atoms with E-state index in [-0.39, 0.29) is 17.1 Å². The van der Waals surface area contributed by atoms with Crippen LogP contribution < -0.4 is 0 Å². The Balaban J connectivity index is 1.32. The summed E-state index contributed by atoms with van der Waals surface area (Å²) < 4.78 is 27.8. The van der Waals surface area contributed by atoms with Crippen molar-refractivity contribution >= 4 is 27.7 Å². The zero-order chi connectivity index (χ0) is 22.9. The van der Waals surface area contributed by atoms with Gasteiger partial charge in [-0.05, 0) is 48.9 Å². The summed E-state index contributed by atoms with van der Waals surface area (Å²) in [5.41, 5.74) is 2.30. The van der Waals surface area contributed by atoms with Crippen molar-refractivity contribution in [2.45, 2.75) is 61.9 Å². The number of benzene rings is 1. The molecule has 0 radical (unpaired) electrons. The van der Waals surface area contributed by atoms with Crippen LogP contribution in [0.4, 0.5) is 0 Å². The first-order valence-corrected chi connectivity index (χ1v) is 13.5. The van der Waals surface area contributed by atoms with Crippen molar-refractivity contribution in [3.8, 4) is 0 Å². The van der Waals surface area contributed by atoms with E-state index in [0.717, 1.165) is 30.7 Å². The first-order chi connectivity index (χ1) is 15.1. The minimum Gasteiger partial charge on any atom is -0.339 e. The number of fused-ring (bicyclic) bond motifs is 1. The van der Waals surface area contributed by atoms with Crippen LogP contribution in [0.5, 0.6) is 0 Å². The van der Waals surface area contributed by atoms with Gasteiger partial charge in [0.05, 0.1) is 10.6 Å². The molecule has 0 spiro atoms. The van der Waals surface area contributed by atoms with Crippen molar-refractivity contribution in [3.63, 3.8) is 0 Å². The average Bonchev–Trinajstić information content (AvgIpc) is 3.27. The molecular weight excluding hydrogens is 446 g/mol. The summed E-state index contributed by atoms with van der Waals surface area (Å²) in [5.74, 6) is 0.996. The number of thioether (sulfide) groups is 1. The standard InChI is InChI=1S/C22H31N5O3S2/c1-22(2,3)20-23-21(25-24-20)31-15-19(28)26-10-12-27(13-11-26)32(29,30)18-9-8-16-6-4-5-7-17(16)14-18/h8-9,14H,4-7,10-13,15H2,1-3H3,(H,23,24,25). The van der Waals surface area contributed by atoms with Gasteiger partial charge in [-0.25, -0.2) is 13.4 Å². The molecule has 1 aliphatic carbocycles. The molecular formula is C22H31N5O3S2. The second kappa shape index (κ2) is 9.15. The van der Waals surface area contributed by atoms with Gasteiger partial charge in [-0.3, -0.25) is 9.89 Å². The quantitative estimate of drug-likeness (QED) is 0.665. The van der Waals surface area contributed by atoms with Crippen molar-refractivity contribution in [3.05, 3.63) is 35.2 Å². The van der Waals surface area contributed by atoms with Gasteiger partial charge in [0.1, 0.15) is 5.82 Å². The molecule has 0 bridgehead atoms. The molecule has 0 atom stereocenters. The fourth-order valence-electron chi connectivity index (χ4n) is 4.06. The number of piperazine rings is 1. The smallest absolute Gasteiger partial charge is 0.243 e. The van der Waals surface area contributed by atoms with Crippen LogP contribution in [-0.2, 0) is 33.1 Å². The van der Waals surface area contributed by atoms with E-state index in [1.807, 2.05) is 32.9 Å². The molecule has 10 heteroatoms. The molecule has 2 heterocycles. The molecule has 0 unspecified atom stereocenters. The topological polar surface area (TPSA) is 99.3 Å². The minimum atomic E-state index is -3.55. The molecule has 2 aromatic rings. The summed E-state index contributed by atoms with van der Waals surface area (Å²) >= 11 is 1.30. The Hall–Kier alpha value is -1.91. The van der Waals surface area contributed by atoms with E-state index >= 15 is 0 Å². The number of aromatic amines is 1. The van der Waals surface area contributed by atoms with E-state index in [1.54, 1.807) is 11.0 Å². The number of carbonyl (C=O) groups excluding carboxylic acids is 1. The van der Waals surface area contributed by atoms with Gasteiger partial charge in [0.15, 0.2) is 0 Å². The van der Waals surface area contributed by atoms with Crippen molar-refractivity contribution in [2.24, 2.45) is 0 Å². The largest absolute Gasteiger partial charge is 0.339 e. The summed E-state index contributed by atoms with van der Waals surface area (Å²) in [6.07, 6.45) is 4.25. The van der Waals surface area contributed by atoms with Gasteiger partial charge in [-0.1, -0.05) is 38.6 Å². The maximum absolute atomic E-state index is 13.1. The van der Waals surface area contributed by atoms with Crippen LogP contribution in [-0.4, -0.2) is 70.6 Å². The number of sulfonamides is 1. The highest BCUT2D eigenvalue weighted by atomic mass is 32.2. The Kier molecular flexibility index (Phi) is 6.65. The maximum Gasteiger partial charge on any atom is 0.243 e. The van der Waals surface area contributed by atoms with E-state index < -0.39 is 10.0 Å². The molecule has 1 N–H and O–H groups in total. The molecule has 0 saturated carbocycles. The van der Waals surface area contributed by atoms with Crippen molar-refractivity contribution in [1.82, 2.24) is 24.4 Å². The molecule has 1 fully saturated rings. The third kappa shape index (κ3) is 5.02. The second-order valence-electron chi connectivity index (χ2n) is 9.43. The lowest BCUT2D eigenvalue weighted by Crippen LogP contribution is -2.51. The Labute approximate surface area is 194 Å². The van der Waals surface area contributed by atoms with Gasteiger partial charge in [0, 0.05) is 31.6 Å².